The van der Waals surface area contributed by atoms with E-state index in [4.69, 9.17) is 4.74 Å². The smallest absolute Gasteiger partial charge is 0.235 e. The molecule has 0 bridgehead atoms. The molecule has 0 aromatic heterocycles. The molecular weight excluding hydrogens is 326 g/mol. The summed E-state index contributed by atoms with van der Waals surface area (Å²) in [6.07, 6.45) is 6.05. The number of piperidine rings is 1. The summed E-state index contributed by atoms with van der Waals surface area (Å²) >= 11 is 0. The Morgan fingerprint density at radius 1 is 1.35 bits per heavy atom. The van der Waals surface area contributed by atoms with Gasteiger partial charge in [-0.25, -0.2) is 0 Å². The number of ether oxygens (including phenoxy) is 1. The van der Waals surface area contributed by atoms with Gasteiger partial charge in [-0.3, -0.25) is 14.5 Å². The van der Waals surface area contributed by atoms with Crippen LogP contribution >= 0.6 is 0 Å². The Bertz CT molecular complexity index is 771. The summed E-state index contributed by atoms with van der Waals surface area (Å²) in [6.45, 7) is 6.11. The van der Waals surface area contributed by atoms with Crippen LogP contribution in [0, 0.1) is 17.3 Å². The molecular formula is C22H27NO3. The van der Waals surface area contributed by atoms with Crippen molar-refractivity contribution in [3.63, 3.8) is 0 Å². The molecule has 2 fully saturated rings. The van der Waals surface area contributed by atoms with E-state index in [1.54, 1.807) is 13.2 Å². The first-order chi connectivity index (χ1) is 12.5. The third-order valence-corrected chi connectivity index (χ3v) is 7.06. The van der Waals surface area contributed by atoms with Crippen molar-refractivity contribution in [2.24, 2.45) is 17.3 Å². The van der Waals surface area contributed by atoms with Gasteiger partial charge in [0.15, 0.2) is 0 Å². The molecule has 138 valence electrons. The minimum absolute atomic E-state index is 0.0117. The van der Waals surface area contributed by atoms with Crippen LogP contribution in [-0.2, 0) is 16.0 Å². The SMILES string of the molecule is C=CCN1C(=O)C[C@H]2[C@@H]3CCc4cc(OC)ccc4[C@H]3CC[C@]2(C)C1=O. The standard InChI is InChI=1S/C22H27NO3/c1-4-11-23-20(24)13-19-18-7-5-14-12-15(26-3)6-8-16(14)17(18)9-10-22(19,2)21(23)25/h4,6,8,12,17-19H,1,5,7,9-11,13H2,2-3H3/t17-,18-,19+,22+/m1/s1. The lowest BCUT2D eigenvalue weighted by Crippen LogP contribution is -2.59. The number of amides is 2. The second kappa shape index (κ2) is 6.26. The number of carbonyl (C=O) groups excluding carboxylic acids is 2. The van der Waals surface area contributed by atoms with Crippen LogP contribution in [0.5, 0.6) is 5.75 Å². The van der Waals surface area contributed by atoms with Gasteiger partial charge in [-0.1, -0.05) is 19.1 Å². The Morgan fingerprint density at radius 3 is 2.88 bits per heavy atom. The second-order valence-electron chi connectivity index (χ2n) is 8.24. The van der Waals surface area contributed by atoms with Gasteiger partial charge in [0.2, 0.25) is 11.8 Å². The summed E-state index contributed by atoms with van der Waals surface area (Å²) in [5.74, 6) is 1.90. The minimum atomic E-state index is -0.415. The lowest BCUT2D eigenvalue weighted by molar-refractivity contribution is -0.166. The molecule has 1 heterocycles. The number of imide groups is 1. The van der Waals surface area contributed by atoms with Gasteiger partial charge >= 0.3 is 0 Å². The monoisotopic (exact) mass is 353 g/mol. The van der Waals surface area contributed by atoms with Crippen molar-refractivity contribution < 1.29 is 14.3 Å². The van der Waals surface area contributed by atoms with Gasteiger partial charge < -0.3 is 4.74 Å². The molecule has 1 aromatic carbocycles. The topological polar surface area (TPSA) is 46.6 Å². The van der Waals surface area contributed by atoms with Crippen LogP contribution in [0.3, 0.4) is 0 Å². The van der Waals surface area contributed by atoms with Crippen molar-refractivity contribution >= 4 is 11.8 Å². The van der Waals surface area contributed by atoms with Crippen molar-refractivity contribution in [1.29, 1.82) is 0 Å². The number of aryl methyl sites for hydroxylation is 1. The van der Waals surface area contributed by atoms with Gasteiger partial charge in [-0.05, 0) is 66.7 Å². The summed E-state index contributed by atoms with van der Waals surface area (Å²) in [4.78, 5) is 27.2. The van der Waals surface area contributed by atoms with Crippen LogP contribution < -0.4 is 4.74 Å². The molecule has 4 nitrogen and oxygen atoms in total. The average molecular weight is 353 g/mol. The Hall–Kier alpha value is -2.10. The third-order valence-electron chi connectivity index (χ3n) is 7.06. The Morgan fingerprint density at radius 2 is 2.15 bits per heavy atom. The van der Waals surface area contributed by atoms with E-state index in [-0.39, 0.29) is 17.7 Å². The van der Waals surface area contributed by atoms with Crippen molar-refractivity contribution in [1.82, 2.24) is 4.90 Å². The first-order valence-electron chi connectivity index (χ1n) is 9.62. The largest absolute Gasteiger partial charge is 0.497 e. The van der Waals surface area contributed by atoms with Crippen LogP contribution in [0.25, 0.3) is 0 Å². The summed E-state index contributed by atoms with van der Waals surface area (Å²) < 4.78 is 5.38. The Balaban J connectivity index is 1.67. The van der Waals surface area contributed by atoms with Crippen molar-refractivity contribution in [2.45, 2.75) is 44.9 Å². The third kappa shape index (κ3) is 2.42. The van der Waals surface area contributed by atoms with Gasteiger partial charge in [0.05, 0.1) is 12.5 Å². The van der Waals surface area contributed by atoms with Crippen LogP contribution in [0.1, 0.15) is 49.7 Å². The first kappa shape index (κ1) is 17.3. The number of nitrogens with zero attached hydrogens (tertiary/aromatic N) is 1. The van der Waals surface area contributed by atoms with E-state index in [0.717, 1.165) is 31.4 Å². The zero-order chi connectivity index (χ0) is 18.5. The quantitative estimate of drug-likeness (QED) is 0.615. The average Bonchev–Trinajstić information content (AvgIpc) is 2.65. The molecule has 1 aromatic rings. The van der Waals surface area contributed by atoms with E-state index >= 15 is 0 Å². The molecule has 1 saturated carbocycles. The number of hydrogen-bond acceptors (Lipinski definition) is 3. The molecule has 4 heteroatoms. The molecule has 2 aliphatic carbocycles. The highest BCUT2D eigenvalue weighted by atomic mass is 16.5. The summed E-state index contributed by atoms with van der Waals surface area (Å²) in [5, 5.41) is 0. The maximum Gasteiger partial charge on any atom is 0.235 e. The molecule has 4 atom stereocenters. The highest BCUT2D eigenvalue weighted by molar-refractivity contribution is 6.01. The number of likely N-dealkylation sites (tertiary alicyclic amines) is 1. The lowest BCUT2D eigenvalue weighted by atomic mass is 9.52. The molecule has 26 heavy (non-hydrogen) atoms. The highest BCUT2D eigenvalue weighted by Gasteiger charge is 2.56. The maximum atomic E-state index is 13.1. The number of benzene rings is 1. The molecule has 2 amide bonds. The van der Waals surface area contributed by atoms with Crippen LogP contribution in [-0.4, -0.2) is 30.4 Å². The molecule has 4 rings (SSSR count). The lowest BCUT2D eigenvalue weighted by Gasteiger charge is -2.54. The van der Waals surface area contributed by atoms with Gasteiger partial charge in [-0.15, -0.1) is 6.58 Å². The minimum Gasteiger partial charge on any atom is -0.497 e. The fourth-order valence-electron chi connectivity index (χ4n) is 5.68. The van der Waals surface area contributed by atoms with Crippen LogP contribution in [0.4, 0.5) is 0 Å². The highest BCUT2D eigenvalue weighted by Crippen LogP contribution is 2.58. The summed E-state index contributed by atoms with van der Waals surface area (Å²) in [7, 11) is 1.70. The van der Waals surface area contributed by atoms with E-state index < -0.39 is 5.41 Å². The van der Waals surface area contributed by atoms with Gasteiger partial charge in [0.25, 0.3) is 0 Å². The predicted molar refractivity (Wildman–Crippen MR) is 99.9 cm³/mol. The zero-order valence-corrected chi connectivity index (χ0v) is 15.7. The van der Waals surface area contributed by atoms with E-state index in [1.807, 2.05) is 6.07 Å². The molecule has 0 unspecified atom stereocenters. The maximum absolute atomic E-state index is 13.1. The van der Waals surface area contributed by atoms with Gasteiger partial charge in [-0.2, -0.15) is 0 Å². The molecule has 3 aliphatic rings. The first-order valence-corrected chi connectivity index (χ1v) is 9.62. The molecule has 1 saturated heterocycles. The number of rotatable bonds is 3. The molecule has 0 radical (unpaired) electrons. The number of hydrogen-bond donors (Lipinski definition) is 0. The van der Waals surface area contributed by atoms with E-state index in [2.05, 4.69) is 25.6 Å². The van der Waals surface area contributed by atoms with Gasteiger partial charge in [0, 0.05) is 13.0 Å². The van der Waals surface area contributed by atoms with Crippen LogP contribution in [0.15, 0.2) is 30.9 Å². The predicted octanol–water partition coefficient (Wildman–Crippen LogP) is 3.70. The molecule has 1 aliphatic heterocycles. The van der Waals surface area contributed by atoms with Crippen molar-refractivity contribution in [3.8, 4) is 5.75 Å². The molecule has 0 spiro atoms. The van der Waals surface area contributed by atoms with Crippen molar-refractivity contribution in [2.75, 3.05) is 13.7 Å². The normalized spacial score (nSPS) is 33.2. The second-order valence-corrected chi connectivity index (χ2v) is 8.24. The summed E-state index contributed by atoms with van der Waals surface area (Å²) in [6, 6.07) is 6.39. The fraction of sp³-hybridized carbons (Fsp3) is 0.545. The van der Waals surface area contributed by atoms with Crippen molar-refractivity contribution in [3.05, 3.63) is 42.0 Å². The Labute approximate surface area is 155 Å². The summed E-state index contributed by atoms with van der Waals surface area (Å²) in [5.41, 5.74) is 2.36. The zero-order valence-electron chi connectivity index (χ0n) is 15.7. The fourth-order valence-corrected chi connectivity index (χ4v) is 5.68. The number of methoxy groups -OCH3 is 1. The van der Waals surface area contributed by atoms with E-state index in [0.29, 0.717) is 24.8 Å². The number of fused-ring (bicyclic) bond motifs is 5. The number of carbonyl (C=O) groups is 2. The van der Waals surface area contributed by atoms with Crippen LogP contribution in [0.2, 0.25) is 0 Å². The van der Waals surface area contributed by atoms with Gasteiger partial charge in [0.1, 0.15) is 5.75 Å². The Kier molecular flexibility index (Phi) is 4.17. The van der Waals surface area contributed by atoms with E-state index in [1.165, 1.54) is 16.0 Å². The van der Waals surface area contributed by atoms with E-state index in [9.17, 15) is 9.59 Å². The molecule has 0 N–H and O–H groups in total.